The maximum Gasteiger partial charge on any atom is 0.269 e. The third-order valence-corrected chi connectivity index (χ3v) is 11.4. The highest BCUT2D eigenvalue weighted by molar-refractivity contribution is 6.31. The van der Waals surface area contributed by atoms with E-state index in [-0.39, 0.29) is 46.2 Å². The zero-order valence-corrected chi connectivity index (χ0v) is 28.4. The van der Waals surface area contributed by atoms with Crippen molar-refractivity contribution in [3.8, 4) is 5.75 Å². The van der Waals surface area contributed by atoms with Crippen molar-refractivity contribution in [3.05, 3.63) is 140 Å². The molecule has 4 aromatic carbocycles. The number of nitro groups is 1. The molecule has 0 bridgehead atoms. The van der Waals surface area contributed by atoms with Gasteiger partial charge in [-0.3, -0.25) is 39.6 Å². The normalized spacial score (nSPS) is 26.5. The number of fused-ring (bicyclic) bond motifs is 4. The molecule has 2 N–H and O–H groups in total. The number of nitrogens with one attached hydrogen (secondary N) is 1. The number of nitro benzene ring substituents is 1. The highest BCUT2D eigenvalue weighted by atomic mass is 35.5. The van der Waals surface area contributed by atoms with Crippen LogP contribution in [0.4, 0.5) is 21.5 Å². The van der Waals surface area contributed by atoms with Gasteiger partial charge in [0.1, 0.15) is 11.6 Å². The minimum absolute atomic E-state index is 0.0211. The first-order valence-corrected chi connectivity index (χ1v) is 17.1. The molecule has 8 rings (SSSR count). The van der Waals surface area contributed by atoms with Crippen LogP contribution in [0.2, 0.25) is 10.0 Å². The summed E-state index contributed by atoms with van der Waals surface area (Å²) in [5.41, 5.74) is 2.66. The van der Waals surface area contributed by atoms with Gasteiger partial charge in [0.05, 0.1) is 39.5 Å². The van der Waals surface area contributed by atoms with Gasteiger partial charge in [-0.25, -0.2) is 4.39 Å². The van der Waals surface area contributed by atoms with Crippen LogP contribution in [0.15, 0.2) is 103 Å². The van der Waals surface area contributed by atoms with E-state index in [1.165, 1.54) is 66.7 Å². The molecule has 1 saturated carbocycles. The number of benzene rings is 4. The van der Waals surface area contributed by atoms with Gasteiger partial charge < -0.3 is 5.11 Å². The number of carbonyl (C=O) groups is 4. The summed E-state index contributed by atoms with van der Waals surface area (Å²) in [6, 6.07) is 21.2. The van der Waals surface area contributed by atoms with Crippen molar-refractivity contribution in [2.75, 3.05) is 10.3 Å². The standard InChI is InChI=1S/C38H27Cl2FN4O7/c39-20-3-1-19(2-4-20)38-30(35(48)44(37(38)50)42-23-8-6-22(41)7-9-23)18-28-26(33(38)29-17-21(40)5-16-31(29)46)14-15-27-32(28)36(49)43(34(27)47)24-10-12-25(13-11-24)45(51)52/h1-14,16-17,27-28,30,32-33,42,46H,15,18H2. The molecule has 11 nitrogen and oxygen atoms in total. The Bertz CT molecular complexity index is 2230. The molecule has 0 spiro atoms. The van der Waals surface area contributed by atoms with Crippen LogP contribution in [0.3, 0.4) is 0 Å². The summed E-state index contributed by atoms with van der Waals surface area (Å²) >= 11 is 12.8. The number of halogens is 3. The van der Waals surface area contributed by atoms with E-state index in [0.29, 0.717) is 16.2 Å². The number of carbonyl (C=O) groups excluding carboxylic acids is 4. The highest BCUT2D eigenvalue weighted by Gasteiger charge is 2.70. The number of hydrogen-bond donors (Lipinski definition) is 2. The summed E-state index contributed by atoms with van der Waals surface area (Å²) in [4.78, 5) is 69.9. The summed E-state index contributed by atoms with van der Waals surface area (Å²) in [7, 11) is 0. The number of hydrazine groups is 1. The molecule has 2 aliphatic heterocycles. The number of rotatable bonds is 6. The maximum atomic E-state index is 15.2. The Hall–Kier alpha value is -5.59. The quantitative estimate of drug-likeness (QED) is 0.0935. The van der Waals surface area contributed by atoms with Crippen molar-refractivity contribution in [2.45, 2.75) is 24.2 Å². The molecule has 262 valence electrons. The SMILES string of the molecule is O=C1C2CC3C(=CCC4C(=O)N(c5ccc([N+](=O)[O-])cc5)C(=O)C43)C(c3cc(Cl)ccc3O)C2(c2ccc(Cl)cc2)C(=O)N1Nc1ccc(F)cc1. The molecule has 0 radical (unpaired) electrons. The van der Waals surface area contributed by atoms with Gasteiger partial charge in [-0.1, -0.05) is 47.0 Å². The fourth-order valence-corrected chi connectivity index (χ4v) is 9.04. The molecule has 2 heterocycles. The summed E-state index contributed by atoms with van der Waals surface area (Å²) in [5, 5.41) is 24.3. The zero-order chi connectivity index (χ0) is 36.6. The lowest BCUT2D eigenvalue weighted by Crippen LogP contribution is -2.53. The number of aromatic hydroxyl groups is 1. The number of non-ortho nitro benzene ring substituents is 1. The molecule has 2 saturated heterocycles. The van der Waals surface area contributed by atoms with E-state index in [1.807, 2.05) is 6.08 Å². The number of allylic oxidation sites excluding steroid dienone is 2. The minimum Gasteiger partial charge on any atom is -0.508 e. The van der Waals surface area contributed by atoms with Crippen molar-refractivity contribution in [1.82, 2.24) is 5.01 Å². The van der Waals surface area contributed by atoms with Crippen molar-refractivity contribution in [3.63, 3.8) is 0 Å². The average molecular weight is 742 g/mol. The lowest BCUT2D eigenvalue weighted by atomic mass is 9.49. The van der Waals surface area contributed by atoms with E-state index in [2.05, 4.69) is 5.43 Å². The number of amides is 4. The maximum absolute atomic E-state index is 15.2. The smallest absolute Gasteiger partial charge is 0.269 e. The number of phenols is 1. The van der Waals surface area contributed by atoms with Gasteiger partial charge in [-0.2, -0.15) is 5.01 Å². The first-order chi connectivity index (χ1) is 24.9. The number of imide groups is 2. The molecule has 14 heteroatoms. The van der Waals surface area contributed by atoms with Gasteiger partial charge >= 0.3 is 0 Å². The Labute approximate surface area is 305 Å². The first-order valence-electron chi connectivity index (χ1n) is 16.4. The fraction of sp³-hybridized carbons (Fsp3) is 0.211. The molecule has 2 aliphatic carbocycles. The van der Waals surface area contributed by atoms with Gasteiger partial charge in [0.2, 0.25) is 11.8 Å². The van der Waals surface area contributed by atoms with Crippen LogP contribution < -0.4 is 10.3 Å². The molecule has 4 aromatic rings. The van der Waals surface area contributed by atoms with E-state index >= 15 is 4.79 Å². The van der Waals surface area contributed by atoms with Crippen molar-refractivity contribution in [1.29, 1.82) is 0 Å². The predicted molar refractivity (Wildman–Crippen MR) is 188 cm³/mol. The molecule has 6 atom stereocenters. The molecular weight excluding hydrogens is 714 g/mol. The highest BCUT2D eigenvalue weighted by Crippen LogP contribution is 2.65. The summed E-state index contributed by atoms with van der Waals surface area (Å²) in [5.74, 6) is -7.69. The summed E-state index contributed by atoms with van der Waals surface area (Å²) in [6.45, 7) is 0. The van der Waals surface area contributed by atoms with Crippen LogP contribution >= 0.6 is 23.2 Å². The second-order valence-electron chi connectivity index (χ2n) is 13.4. The van der Waals surface area contributed by atoms with Gasteiger partial charge in [0.15, 0.2) is 0 Å². The minimum atomic E-state index is -1.70. The largest absolute Gasteiger partial charge is 0.508 e. The number of hydrogen-bond acceptors (Lipinski definition) is 8. The van der Waals surface area contributed by atoms with Crippen LogP contribution in [0.1, 0.15) is 29.9 Å². The Balaban J connectivity index is 1.31. The molecule has 3 fully saturated rings. The van der Waals surface area contributed by atoms with Gasteiger partial charge in [-0.15, -0.1) is 0 Å². The van der Waals surface area contributed by atoms with E-state index in [9.17, 15) is 34.0 Å². The number of anilines is 2. The van der Waals surface area contributed by atoms with Crippen LogP contribution in [0, 0.1) is 39.6 Å². The molecule has 52 heavy (non-hydrogen) atoms. The lowest BCUT2D eigenvalue weighted by Gasteiger charge is -2.50. The number of nitrogens with zero attached hydrogens (tertiary/aromatic N) is 3. The third kappa shape index (κ3) is 4.92. The Morgan fingerprint density at radius 2 is 1.52 bits per heavy atom. The van der Waals surface area contributed by atoms with Crippen LogP contribution in [-0.2, 0) is 24.6 Å². The third-order valence-electron chi connectivity index (χ3n) is 10.9. The zero-order valence-electron chi connectivity index (χ0n) is 26.9. The van der Waals surface area contributed by atoms with Crippen LogP contribution in [0.25, 0.3) is 0 Å². The van der Waals surface area contributed by atoms with E-state index in [1.54, 1.807) is 24.3 Å². The molecular formula is C38H27Cl2FN4O7. The Morgan fingerprint density at radius 1 is 0.846 bits per heavy atom. The fourth-order valence-electron chi connectivity index (χ4n) is 8.73. The number of phenolic OH excluding ortho intramolecular Hbond substituents is 1. The Morgan fingerprint density at radius 3 is 2.19 bits per heavy atom. The average Bonchev–Trinajstić information content (AvgIpc) is 3.51. The van der Waals surface area contributed by atoms with Gasteiger partial charge in [0.25, 0.3) is 17.5 Å². The first kappa shape index (κ1) is 33.5. The van der Waals surface area contributed by atoms with Crippen LogP contribution in [0.5, 0.6) is 5.75 Å². The lowest BCUT2D eigenvalue weighted by molar-refractivity contribution is -0.384. The van der Waals surface area contributed by atoms with Crippen molar-refractivity contribution in [2.24, 2.45) is 23.7 Å². The summed E-state index contributed by atoms with van der Waals surface area (Å²) < 4.78 is 13.8. The van der Waals surface area contributed by atoms with E-state index < -0.39 is 69.4 Å². The monoisotopic (exact) mass is 740 g/mol. The Kier molecular flexibility index (Phi) is 7.92. The predicted octanol–water partition coefficient (Wildman–Crippen LogP) is 6.94. The van der Waals surface area contributed by atoms with Crippen molar-refractivity contribution < 1.29 is 33.6 Å². The second-order valence-corrected chi connectivity index (χ2v) is 14.2. The molecule has 0 aromatic heterocycles. The van der Waals surface area contributed by atoms with Gasteiger partial charge in [0, 0.05) is 33.7 Å². The van der Waals surface area contributed by atoms with Crippen LogP contribution in [-0.4, -0.2) is 38.7 Å². The van der Waals surface area contributed by atoms with Crippen molar-refractivity contribution >= 4 is 63.9 Å². The molecule has 4 aliphatic rings. The topological polar surface area (TPSA) is 150 Å². The van der Waals surface area contributed by atoms with E-state index in [4.69, 9.17) is 23.2 Å². The van der Waals surface area contributed by atoms with E-state index in [0.717, 1.165) is 9.91 Å². The van der Waals surface area contributed by atoms with Gasteiger partial charge in [-0.05, 0) is 91.1 Å². The second kappa shape index (κ2) is 12.3. The molecule has 4 amide bonds. The summed E-state index contributed by atoms with van der Waals surface area (Å²) in [6.07, 6.45) is 1.92. The molecule has 6 unspecified atom stereocenters.